The Bertz CT molecular complexity index is 699. The molecule has 3 atom stereocenters. The minimum atomic E-state index is -0.739. The van der Waals surface area contributed by atoms with Crippen LogP contribution in [0, 0.1) is 5.92 Å². The second-order valence-electron chi connectivity index (χ2n) is 8.73. The summed E-state index contributed by atoms with van der Waals surface area (Å²) in [7, 11) is 1.41. The van der Waals surface area contributed by atoms with E-state index in [0.717, 1.165) is 18.5 Å². The van der Waals surface area contributed by atoms with Gasteiger partial charge in [-0.05, 0) is 52.1 Å². The van der Waals surface area contributed by atoms with Gasteiger partial charge in [0.05, 0.1) is 26.2 Å². The van der Waals surface area contributed by atoms with Crippen LogP contribution >= 0.6 is 0 Å². The van der Waals surface area contributed by atoms with Crippen molar-refractivity contribution in [3.63, 3.8) is 0 Å². The summed E-state index contributed by atoms with van der Waals surface area (Å²) in [5, 5.41) is 0. The molecule has 3 rings (SSSR count). The molecule has 2 aliphatic heterocycles. The number of hydrogen-bond donors (Lipinski definition) is 0. The molecule has 0 N–H and O–H groups in total. The van der Waals surface area contributed by atoms with E-state index >= 15 is 0 Å². The smallest absolute Gasteiger partial charge is 0.326 e. The maximum absolute atomic E-state index is 12.9. The van der Waals surface area contributed by atoms with Gasteiger partial charge in [0.25, 0.3) is 0 Å². The first-order valence-corrected chi connectivity index (χ1v) is 9.96. The van der Waals surface area contributed by atoms with Crippen LogP contribution in [0.2, 0.25) is 0 Å². The molecule has 0 radical (unpaired) electrons. The van der Waals surface area contributed by atoms with Gasteiger partial charge in [0, 0.05) is 6.04 Å². The van der Waals surface area contributed by atoms with E-state index in [4.69, 9.17) is 14.2 Å². The van der Waals surface area contributed by atoms with Gasteiger partial charge in [-0.15, -0.1) is 0 Å². The van der Waals surface area contributed by atoms with Crippen molar-refractivity contribution in [3.05, 3.63) is 35.9 Å². The topological polar surface area (TPSA) is 65.1 Å². The molecule has 0 spiro atoms. The molecule has 28 heavy (non-hydrogen) atoms. The number of rotatable bonds is 6. The van der Waals surface area contributed by atoms with E-state index in [2.05, 4.69) is 4.90 Å². The third kappa shape index (κ3) is 4.23. The molecule has 2 heterocycles. The predicted molar refractivity (Wildman–Crippen MR) is 105 cm³/mol. The molecule has 2 saturated heterocycles. The highest BCUT2D eigenvalue weighted by Crippen LogP contribution is 2.47. The summed E-state index contributed by atoms with van der Waals surface area (Å²) >= 11 is 0. The molecule has 0 aromatic heterocycles. The van der Waals surface area contributed by atoms with E-state index in [-0.39, 0.29) is 18.0 Å². The predicted octanol–water partition coefficient (Wildman–Crippen LogP) is 2.94. The third-order valence-corrected chi connectivity index (χ3v) is 5.64. The van der Waals surface area contributed by atoms with E-state index in [1.165, 1.54) is 7.11 Å². The molecule has 0 amide bonds. The highest BCUT2D eigenvalue weighted by Gasteiger charge is 2.61. The summed E-state index contributed by atoms with van der Waals surface area (Å²) in [6.07, 6.45) is 2.04. The second-order valence-corrected chi connectivity index (χ2v) is 8.73. The fourth-order valence-electron chi connectivity index (χ4n) is 4.51. The number of nitrogens with zero attached hydrogens (tertiary/aromatic N) is 1. The molecular weight excluding hydrogens is 358 g/mol. The highest BCUT2D eigenvalue weighted by atomic mass is 16.6. The van der Waals surface area contributed by atoms with Crippen molar-refractivity contribution in [1.29, 1.82) is 0 Å². The Kier molecular flexibility index (Phi) is 6.10. The van der Waals surface area contributed by atoms with Gasteiger partial charge in [0.15, 0.2) is 0 Å². The Labute approximate surface area is 167 Å². The van der Waals surface area contributed by atoms with Crippen molar-refractivity contribution in [1.82, 2.24) is 4.90 Å². The van der Waals surface area contributed by atoms with E-state index in [0.29, 0.717) is 26.1 Å². The number of benzene rings is 1. The minimum Gasteiger partial charge on any atom is -0.468 e. The SMILES string of the molecule is COC(=O)[C@@]12CCCN1[C@@H](COCc1ccccc1)[C@@H](C(=O)OC(C)(C)C)C2. The van der Waals surface area contributed by atoms with Crippen LogP contribution in [0.5, 0.6) is 0 Å². The summed E-state index contributed by atoms with van der Waals surface area (Å²) in [4.78, 5) is 27.7. The van der Waals surface area contributed by atoms with Crippen LogP contribution in [-0.4, -0.2) is 54.3 Å². The van der Waals surface area contributed by atoms with Gasteiger partial charge in [-0.25, -0.2) is 0 Å². The Morgan fingerprint density at radius 1 is 1.21 bits per heavy atom. The van der Waals surface area contributed by atoms with E-state index in [1.54, 1.807) is 0 Å². The van der Waals surface area contributed by atoms with Gasteiger partial charge in [0.1, 0.15) is 11.1 Å². The van der Waals surface area contributed by atoms with Crippen LogP contribution in [0.3, 0.4) is 0 Å². The summed E-state index contributed by atoms with van der Waals surface area (Å²) in [5.41, 5.74) is -0.232. The lowest BCUT2D eigenvalue weighted by atomic mass is 9.88. The van der Waals surface area contributed by atoms with Crippen molar-refractivity contribution in [2.45, 2.75) is 63.8 Å². The van der Waals surface area contributed by atoms with Gasteiger partial charge in [-0.1, -0.05) is 30.3 Å². The molecule has 154 valence electrons. The Hall–Kier alpha value is -1.92. The Balaban J connectivity index is 1.77. The highest BCUT2D eigenvalue weighted by molar-refractivity contribution is 5.85. The van der Waals surface area contributed by atoms with Crippen LogP contribution in [0.15, 0.2) is 30.3 Å². The molecule has 1 aromatic carbocycles. The zero-order valence-corrected chi connectivity index (χ0v) is 17.3. The molecule has 1 aromatic rings. The Morgan fingerprint density at radius 2 is 1.93 bits per heavy atom. The average Bonchev–Trinajstić information content (AvgIpc) is 3.19. The summed E-state index contributed by atoms with van der Waals surface area (Å²) in [6, 6.07) is 9.73. The fraction of sp³-hybridized carbons (Fsp3) is 0.636. The number of carbonyl (C=O) groups excluding carboxylic acids is 2. The van der Waals surface area contributed by atoms with Crippen LogP contribution in [0.4, 0.5) is 0 Å². The molecule has 6 heteroatoms. The number of fused-ring (bicyclic) bond motifs is 1. The molecule has 0 saturated carbocycles. The molecule has 6 nitrogen and oxygen atoms in total. The van der Waals surface area contributed by atoms with Crippen molar-refractivity contribution in [2.75, 3.05) is 20.3 Å². The Morgan fingerprint density at radius 3 is 2.57 bits per heavy atom. The molecule has 2 fully saturated rings. The minimum absolute atomic E-state index is 0.194. The van der Waals surface area contributed by atoms with E-state index < -0.39 is 17.1 Å². The first-order chi connectivity index (χ1) is 13.3. The summed E-state index contributed by atoms with van der Waals surface area (Å²) < 4.78 is 16.8. The quantitative estimate of drug-likeness (QED) is 0.697. The number of methoxy groups -OCH3 is 1. The number of esters is 2. The van der Waals surface area contributed by atoms with Gasteiger partial charge in [-0.3, -0.25) is 14.5 Å². The first-order valence-electron chi connectivity index (χ1n) is 9.96. The van der Waals surface area contributed by atoms with Gasteiger partial charge >= 0.3 is 11.9 Å². The second kappa shape index (κ2) is 8.21. The van der Waals surface area contributed by atoms with Crippen molar-refractivity contribution in [3.8, 4) is 0 Å². The average molecular weight is 389 g/mol. The number of carbonyl (C=O) groups is 2. The van der Waals surface area contributed by atoms with Gasteiger partial charge < -0.3 is 14.2 Å². The lowest BCUT2D eigenvalue weighted by Crippen LogP contribution is -2.50. The molecule has 0 bridgehead atoms. The summed E-state index contributed by atoms with van der Waals surface area (Å²) in [5.74, 6) is -0.933. The number of hydrogen-bond acceptors (Lipinski definition) is 6. The van der Waals surface area contributed by atoms with Crippen molar-refractivity contribution < 1.29 is 23.8 Å². The third-order valence-electron chi connectivity index (χ3n) is 5.64. The maximum atomic E-state index is 12.9. The normalized spacial score (nSPS) is 27.4. The lowest BCUT2D eigenvalue weighted by Gasteiger charge is -2.32. The maximum Gasteiger partial charge on any atom is 0.326 e. The standard InChI is InChI=1S/C22H31NO5/c1-21(2,3)28-19(24)17-13-22(20(25)26-4)11-8-12-23(22)18(17)15-27-14-16-9-6-5-7-10-16/h5-7,9-10,17-18H,8,11-15H2,1-4H3/t17-,18-,22-/m0/s1. The lowest BCUT2D eigenvalue weighted by molar-refractivity contribution is -0.161. The van der Waals surface area contributed by atoms with Crippen LogP contribution in [0.25, 0.3) is 0 Å². The van der Waals surface area contributed by atoms with Crippen molar-refractivity contribution in [2.24, 2.45) is 5.92 Å². The van der Waals surface area contributed by atoms with Gasteiger partial charge in [-0.2, -0.15) is 0 Å². The van der Waals surface area contributed by atoms with Gasteiger partial charge in [0.2, 0.25) is 0 Å². The van der Waals surface area contributed by atoms with Crippen LogP contribution < -0.4 is 0 Å². The van der Waals surface area contributed by atoms with Crippen molar-refractivity contribution >= 4 is 11.9 Å². The largest absolute Gasteiger partial charge is 0.468 e. The zero-order valence-electron chi connectivity index (χ0n) is 17.3. The fourth-order valence-corrected chi connectivity index (χ4v) is 4.51. The summed E-state index contributed by atoms with van der Waals surface area (Å²) in [6.45, 7) is 7.18. The van der Waals surface area contributed by atoms with E-state index in [1.807, 2.05) is 51.1 Å². The molecular formula is C22H31NO5. The molecule has 0 aliphatic carbocycles. The first kappa shape index (κ1) is 20.8. The number of ether oxygens (including phenoxy) is 3. The van der Waals surface area contributed by atoms with Crippen LogP contribution in [-0.2, 0) is 30.4 Å². The van der Waals surface area contributed by atoms with E-state index in [9.17, 15) is 9.59 Å². The monoisotopic (exact) mass is 389 g/mol. The zero-order chi connectivity index (χ0) is 20.4. The molecule has 2 aliphatic rings. The molecule has 0 unspecified atom stereocenters. The van der Waals surface area contributed by atoms with Crippen LogP contribution in [0.1, 0.15) is 45.6 Å².